The van der Waals surface area contributed by atoms with E-state index in [2.05, 4.69) is 5.32 Å². The maximum atomic E-state index is 13.7. The number of nitrogens with one attached hydrogen (secondary N) is 1. The lowest BCUT2D eigenvalue weighted by Gasteiger charge is -2.23. The van der Waals surface area contributed by atoms with Crippen LogP contribution in [0.3, 0.4) is 0 Å². The number of rotatable bonds is 11. The summed E-state index contributed by atoms with van der Waals surface area (Å²) in [6.07, 6.45) is -0.142. The fourth-order valence-electron chi connectivity index (χ4n) is 4.21. The van der Waals surface area contributed by atoms with E-state index in [1.54, 1.807) is 55.6 Å². The molecule has 0 aliphatic carbocycles. The summed E-state index contributed by atoms with van der Waals surface area (Å²) in [5, 5.41) is 3.05. The molecule has 0 aromatic heterocycles. The maximum absolute atomic E-state index is 13.7. The number of carbonyl (C=O) groups is 3. The maximum Gasteiger partial charge on any atom is 0.308 e. The number of ether oxygens (including phenoxy) is 2. The zero-order valence-electron chi connectivity index (χ0n) is 21.1. The zero-order valence-corrected chi connectivity index (χ0v) is 21.1. The topological polar surface area (TPSA) is 81.7 Å². The zero-order chi connectivity index (χ0) is 26.7. The fourth-order valence-corrected chi connectivity index (χ4v) is 4.21. The first-order chi connectivity index (χ1) is 18.5. The molecule has 1 unspecified atom stereocenters. The standard InChI is InChI=1S/C32H29NO5/c1-37-27-19-17-23(18-20-27)28(21-30(35)38-22-29(34)24-11-5-2-6-12-24)33-32(36)31(25-13-7-3-8-14-25)26-15-9-4-10-16-26/h2-20,28,31H,21-22H2,1H3,(H,33,36). The van der Waals surface area contributed by atoms with Crippen molar-refractivity contribution in [3.63, 3.8) is 0 Å². The molecule has 0 bridgehead atoms. The fraction of sp³-hybridized carbons (Fsp3) is 0.156. The molecule has 4 aromatic carbocycles. The molecule has 1 amide bonds. The van der Waals surface area contributed by atoms with Gasteiger partial charge in [0.25, 0.3) is 0 Å². The molecular weight excluding hydrogens is 478 g/mol. The molecule has 192 valence electrons. The van der Waals surface area contributed by atoms with Gasteiger partial charge in [-0.1, -0.05) is 103 Å². The lowest BCUT2D eigenvalue weighted by molar-refractivity contribution is -0.143. The minimum Gasteiger partial charge on any atom is -0.497 e. The third-order valence-electron chi connectivity index (χ3n) is 6.19. The molecule has 4 aromatic rings. The number of carbonyl (C=O) groups excluding carboxylic acids is 3. The predicted molar refractivity (Wildman–Crippen MR) is 145 cm³/mol. The van der Waals surface area contributed by atoms with Crippen LogP contribution in [0, 0.1) is 0 Å². The summed E-state index contributed by atoms with van der Waals surface area (Å²) >= 11 is 0. The highest BCUT2D eigenvalue weighted by molar-refractivity contribution is 5.98. The number of Topliss-reactive ketones (excluding diaryl/α,β-unsaturated/α-hetero) is 1. The van der Waals surface area contributed by atoms with E-state index in [0.29, 0.717) is 16.9 Å². The number of ketones is 1. The summed E-state index contributed by atoms with van der Waals surface area (Å²) in [4.78, 5) is 39.0. The molecule has 1 atom stereocenters. The van der Waals surface area contributed by atoms with Crippen LogP contribution in [0.4, 0.5) is 0 Å². The highest BCUT2D eigenvalue weighted by Crippen LogP contribution is 2.28. The second-order valence-electron chi connectivity index (χ2n) is 8.74. The van der Waals surface area contributed by atoms with Gasteiger partial charge in [-0.25, -0.2) is 0 Å². The van der Waals surface area contributed by atoms with E-state index in [-0.39, 0.29) is 24.7 Å². The molecule has 0 spiro atoms. The van der Waals surface area contributed by atoms with Gasteiger partial charge in [0.1, 0.15) is 5.75 Å². The Kier molecular flexibility index (Phi) is 9.03. The van der Waals surface area contributed by atoms with E-state index >= 15 is 0 Å². The summed E-state index contributed by atoms with van der Waals surface area (Å²) in [6, 6.07) is 34.1. The molecule has 0 saturated carbocycles. The third kappa shape index (κ3) is 6.95. The van der Waals surface area contributed by atoms with Crippen molar-refractivity contribution in [2.45, 2.75) is 18.4 Å². The van der Waals surface area contributed by atoms with Crippen molar-refractivity contribution in [1.82, 2.24) is 5.32 Å². The minimum absolute atomic E-state index is 0.142. The molecule has 38 heavy (non-hydrogen) atoms. The molecule has 0 fully saturated rings. The molecule has 4 rings (SSSR count). The van der Waals surface area contributed by atoms with Crippen LogP contribution >= 0.6 is 0 Å². The van der Waals surface area contributed by atoms with Crippen molar-refractivity contribution in [3.8, 4) is 5.75 Å². The normalized spacial score (nSPS) is 11.4. The quantitative estimate of drug-likeness (QED) is 0.214. The Balaban J connectivity index is 1.54. The Morgan fingerprint density at radius 1 is 0.684 bits per heavy atom. The number of methoxy groups -OCH3 is 1. The van der Waals surface area contributed by atoms with Gasteiger partial charge < -0.3 is 14.8 Å². The molecule has 0 radical (unpaired) electrons. The van der Waals surface area contributed by atoms with Gasteiger partial charge in [-0.2, -0.15) is 0 Å². The molecule has 0 aliphatic rings. The number of hydrogen-bond acceptors (Lipinski definition) is 5. The van der Waals surface area contributed by atoms with Gasteiger partial charge in [0, 0.05) is 5.56 Å². The smallest absolute Gasteiger partial charge is 0.308 e. The number of esters is 1. The Bertz CT molecular complexity index is 1300. The van der Waals surface area contributed by atoms with Crippen LogP contribution in [0.2, 0.25) is 0 Å². The van der Waals surface area contributed by atoms with Gasteiger partial charge in [0.2, 0.25) is 5.91 Å². The van der Waals surface area contributed by atoms with E-state index in [0.717, 1.165) is 11.1 Å². The van der Waals surface area contributed by atoms with Crippen LogP contribution in [0.1, 0.15) is 45.4 Å². The summed E-state index contributed by atoms with van der Waals surface area (Å²) in [5.74, 6) is -1.06. The van der Waals surface area contributed by atoms with Crippen molar-refractivity contribution in [3.05, 3.63) is 138 Å². The Labute approximate surface area is 222 Å². The van der Waals surface area contributed by atoms with Crippen LogP contribution in [0.25, 0.3) is 0 Å². The highest BCUT2D eigenvalue weighted by Gasteiger charge is 2.27. The molecule has 1 N–H and O–H groups in total. The summed E-state index contributed by atoms with van der Waals surface area (Å²) < 4.78 is 10.6. The molecular formula is C32H29NO5. The van der Waals surface area contributed by atoms with Crippen molar-refractivity contribution in [2.24, 2.45) is 0 Å². The molecule has 0 aliphatic heterocycles. The Hall–Kier alpha value is -4.71. The van der Waals surface area contributed by atoms with Crippen LogP contribution in [0.15, 0.2) is 115 Å². The average Bonchev–Trinajstić information content (AvgIpc) is 2.97. The van der Waals surface area contributed by atoms with E-state index in [1.807, 2.05) is 66.7 Å². The van der Waals surface area contributed by atoms with Crippen LogP contribution in [0.5, 0.6) is 5.75 Å². The van der Waals surface area contributed by atoms with Gasteiger partial charge in [-0.05, 0) is 28.8 Å². The number of amides is 1. The molecule has 0 heterocycles. The van der Waals surface area contributed by atoms with E-state index in [4.69, 9.17) is 9.47 Å². The van der Waals surface area contributed by atoms with Gasteiger partial charge in [0.15, 0.2) is 12.4 Å². The minimum atomic E-state index is -0.678. The summed E-state index contributed by atoms with van der Waals surface area (Å²) in [7, 11) is 1.57. The summed E-state index contributed by atoms with van der Waals surface area (Å²) in [5.41, 5.74) is 2.85. The van der Waals surface area contributed by atoms with Crippen molar-refractivity contribution in [2.75, 3.05) is 13.7 Å². The number of hydrogen-bond donors (Lipinski definition) is 1. The van der Waals surface area contributed by atoms with Gasteiger partial charge >= 0.3 is 5.97 Å². The second kappa shape index (κ2) is 13.0. The molecule has 0 saturated heterocycles. The lowest BCUT2D eigenvalue weighted by Crippen LogP contribution is -2.35. The lowest BCUT2D eigenvalue weighted by atomic mass is 9.90. The Morgan fingerprint density at radius 3 is 1.74 bits per heavy atom. The monoisotopic (exact) mass is 507 g/mol. The highest BCUT2D eigenvalue weighted by atomic mass is 16.5. The van der Waals surface area contributed by atoms with E-state index in [9.17, 15) is 14.4 Å². The number of benzene rings is 4. The molecule has 6 heteroatoms. The molecule has 6 nitrogen and oxygen atoms in total. The van der Waals surface area contributed by atoms with E-state index in [1.165, 1.54) is 0 Å². The SMILES string of the molecule is COc1ccc(C(CC(=O)OCC(=O)c2ccccc2)NC(=O)C(c2ccccc2)c2ccccc2)cc1. The first-order valence-electron chi connectivity index (χ1n) is 12.3. The average molecular weight is 508 g/mol. The van der Waals surface area contributed by atoms with Crippen molar-refractivity contribution >= 4 is 17.7 Å². The van der Waals surface area contributed by atoms with Gasteiger partial charge in [-0.3, -0.25) is 14.4 Å². The first-order valence-corrected chi connectivity index (χ1v) is 12.3. The van der Waals surface area contributed by atoms with Crippen molar-refractivity contribution < 1.29 is 23.9 Å². The van der Waals surface area contributed by atoms with E-state index < -0.39 is 17.9 Å². The second-order valence-corrected chi connectivity index (χ2v) is 8.74. The predicted octanol–water partition coefficient (Wildman–Crippen LogP) is 5.50. The van der Waals surface area contributed by atoms with Gasteiger partial charge in [-0.15, -0.1) is 0 Å². The van der Waals surface area contributed by atoms with Crippen LogP contribution < -0.4 is 10.1 Å². The largest absolute Gasteiger partial charge is 0.497 e. The Morgan fingerprint density at radius 2 is 1.21 bits per heavy atom. The first kappa shape index (κ1) is 26.4. The third-order valence-corrected chi connectivity index (χ3v) is 6.19. The van der Waals surface area contributed by atoms with Crippen molar-refractivity contribution in [1.29, 1.82) is 0 Å². The summed E-state index contributed by atoms with van der Waals surface area (Å²) in [6.45, 7) is -0.372. The van der Waals surface area contributed by atoms with Crippen LogP contribution in [-0.4, -0.2) is 31.4 Å². The van der Waals surface area contributed by atoms with Crippen LogP contribution in [-0.2, 0) is 14.3 Å². The van der Waals surface area contributed by atoms with Gasteiger partial charge in [0.05, 0.1) is 25.5 Å².